The minimum absolute atomic E-state index is 0.131. The van der Waals surface area contributed by atoms with Gasteiger partial charge in [-0.15, -0.1) is 0 Å². The van der Waals surface area contributed by atoms with Crippen LogP contribution >= 0.6 is 11.9 Å². The van der Waals surface area contributed by atoms with Crippen LogP contribution in [0.25, 0.3) is 11.0 Å². The molecule has 25 heavy (non-hydrogen) atoms. The van der Waals surface area contributed by atoms with Gasteiger partial charge in [-0.1, -0.05) is 30.3 Å². The summed E-state index contributed by atoms with van der Waals surface area (Å²) in [6.45, 7) is 0. The van der Waals surface area contributed by atoms with Gasteiger partial charge in [0.15, 0.2) is 5.16 Å². The van der Waals surface area contributed by atoms with Crippen LogP contribution < -0.4 is 5.32 Å². The van der Waals surface area contributed by atoms with Crippen LogP contribution in [0, 0.1) is 0 Å². The van der Waals surface area contributed by atoms with Crippen LogP contribution in [0.3, 0.4) is 0 Å². The van der Waals surface area contributed by atoms with Crippen molar-refractivity contribution in [3.63, 3.8) is 0 Å². The van der Waals surface area contributed by atoms with Gasteiger partial charge in [0, 0.05) is 37.5 Å². The van der Waals surface area contributed by atoms with Gasteiger partial charge in [-0.2, -0.15) is 0 Å². The van der Waals surface area contributed by atoms with Gasteiger partial charge in [-0.05, 0) is 24.3 Å². The van der Waals surface area contributed by atoms with Gasteiger partial charge in [0.2, 0.25) is 11.8 Å². The maximum Gasteiger partial charge on any atom is 0.233 e. The van der Waals surface area contributed by atoms with Crippen LogP contribution in [0.4, 0.5) is 5.69 Å². The number of carbonyl (C=O) groups is 2. The summed E-state index contributed by atoms with van der Waals surface area (Å²) in [7, 11) is 1.68. The number of anilines is 1. The van der Waals surface area contributed by atoms with E-state index in [-0.39, 0.29) is 24.7 Å². The number of nitrogens with zero attached hydrogens (tertiary/aromatic N) is 2. The molecule has 0 unspecified atom stereocenters. The van der Waals surface area contributed by atoms with Crippen molar-refractivity contribution >= 4 is 40.5 Å². The van der Waals surface area contributed by atoms with Crippen molar-refractivity contribution in [1.82, 2.24) is 14.3 Å². The summed E-state index contributed by atoms with van der Waals surface area (Å²) in [5.41, 5.74) is 2.51. The van der Waals surface area contributed by atoms with Crippen molar-refractivity contribution in [2.24, 2.45) is 0 Å². The highest BCUT2D eigenvalue weighted by molar-refractivity contribution is 7.97. The Hall–Kier alpha value is -2.80. The Morgan fingerprint density at radius 1 is 1.08 bits per heavy atom. The molecule has 0 radical (unpaired) electrons. The first-order valence-corrected chi connectivity index (χ1v) is 8.63. The number of aromatic amines is 1. The summed E-state index contributed by atoms with van der Waals surface area (Å²) >= 11 is 1.22. The third-order valence-electron chi connectivity index (χ3n) is 3.57. The average molecular weight is 354 g/mol. The number of benzene rings is 2. The SMILES string of the molecule is CN(Sc1nc2ccccc2[nH]1)C(=O)CCC(=O)Nc1ccccc1. The van der Waals surface area contributed by atoms with Crippen LogP contribution in [0.5, 0.6) is 0 Å². The van der Waals surface area contributed by atoms with Crippen molar-refractivity contribution in [3.05, 3.63) is 54.6 Å². The topological polar surface area (TPSA) is 78.1 Å². The first kappa shape index (κ1) is 17.0. The Morgan fingerprint density at radius 2 is 1.80 bits per heavy atom. The summed E-state index contributed by atoms with van der Waals surface area (Å²) in [6, 6.07) is 16.9. The van der Waals surface area contributed by atoms with E-state index in [1.807, 2.05) is 54.6 Å². The fraction of sp³-hybridized carbons (Fsp3) is 0.167. The quantitative estimate of drug-likeness (QED) is 0.665. The molecule has 1 heterocycles. The Balaban J connectivity index is 1.49. The first-order valence-electron chi connectivity index (χ1n) is 7.86. The lowest BCUT2D eigenvalue weighted by Crippen LogP contribution is -2.22. The van der Waals surface area contributed by atoms with Crippen molar-refractivity contribution < 1.29 is 9.59 Å². The number of hydrogen-bond acceptors (Lipinski definition) is 4. The molecule has 0 saturated carbocycles. The lowest BCUT2D eigenvalue weighted by atomic mass is 10.2. The van der Waals surface area contributed by atoms with Gasteiger partial charge >= 0.3 is 0 Å². The van der Waals surface area contributed by atoms with Crippen molar-refractivity contribution in [2.75, 3.05) is 12.4 Å². The Morgan fingerprint density at radius 3 is 2.56 bits per heavy atom. The molecule has 0 atom stereocenters. The lowest BCUT2D eigenvalue weighted by molar-refractivity contribution is -0.127. The van der Waals surface area contributed by atoms with Gasteiger partial charge in [0.25, 0.3) is 0 Å². The van der Waals surface area contributed by atoms with E-state index < -0.39 is 0 Å². The zero-order valence-electron chi connectivity index (χ0n) is 13.7. The van der Waals surface area contributed by atoms with E-state index in [0.717, 1.165) is 16.7 Å². The Kier molecular flexibility index (Phi) is 5.35. The second kappa shape index (κ2) is 7.85. The molecule has 2 amide bonds. The number of fused-ring (bicyclic) bond motifs is 1. The van der Waals surface area contributed by atoms with Gasteiger partial charge in [-0.3, -0.25) is 13.9 Å². The summed E-state index contributed by atoms with van der Waals surface area (Å²) in [4.78, 5) is 31.7. The molecule has 6 nitrogen and oxygen atoms in total. The number of rotatable bonds is 6. The number of aromatic nitrogens is 2. The van der Waals surface area contributed by atoms with Crippen LogP contribution in [0.15, 0.2) is 59.8 Å². The maximum absolute atomic E-state index is 12.2. The number of nitrogens with one attached hydrogen (secondary N) is 2. The minimum Gasteiger partial charge on any atom is -0.331 e. The van der Waals surface area contributed by atoms with Crippen molar-refractivity contribution in [2.45, 2.75) is 18.0 Å². The molecule has 3 aromatic rings. The fourth-order valence-corrected chi connectivity index (χ4v) is 3.02. The van der Waals surface area contributed by atoms with E-state index in [9.17, 15) is 9.59 Å². The second-order valence-corrected chi connectivity index (χ2v) is 6.57. The van der Waals surface area contributed by atoms with E-state index in [2.05, 4.69) is 15.3 Å². The van der Waals surface area contributed by atoms with Crippen LogP contribution in [-0.4, -0.2) is 33.1 Å². The van der Waals surface area contributed by atoms with Gasteiger partial charge in [0.1, 0.15) is 0 Å². The second-order valence-electron chi connectivity index (χ2n) is 5.46. The summed E-state index contributed by atoms with van der Waals surface area (Å²) in [5, 5.41) is 3.41. The fourth-order valence-electron chi connectivity index (χ4n) is 2.28. The molecule has 0 bridgehead atoms. The first-order chi connectivity index (χ1) is 12.1. The summed E-state index contributed by atoms with van der Waals surface area (Å²) in [5.74, 6) is -0.310. The standard InChI is InChI=1S/C18H18N4O2S/c1-22(25-18-20-14-9-5-6-10-15(14)21-18)17(24)12-11-16(23)19-13-7-3-2-4-8-13/h2-10H,11-12H2,1H3,(H,19,23)(H,20,21). The van der Waals surface area contributed by atoms with E-state index in [1.165, 1.54) is 16.3 Å². The van der Waals surface area contributed by atoms with Crippen molar-refractivity contribution in [3.8, 4) is 0 Å². The Bertz CT molecular complexity index is 846. The number of amides is 2. The molecule has 2 N–H and O–H groups in total. The average Bonchev–Trinajstić information content (AvgIpc) is 3.02. The van der Waals surface area contributed by atoms with Crippen molar-refractivity contribution in [1.29, 1.82) is 0 Å². The molecule has 0 saturated heterocycles. The zero-order chi connectivity index (χ0) is 17.6. The third kappa shape index (κ3) is 4.60. The summed E-state index contributed by atoms with van der Waals surface area (Å²) < 4.78 is 1.49. The molecule has 128 valence electrons. The van der Waals surface area contributed by atoms with Gasteiger partial charge in [-0.25, -0.2) is 4.98 Å². The van der Waals surface area contributed by atoms with Crippen LogP contribution in [0.1, 0.15) is 12.8 Å². The molecule has 2 aromatic carbocycles. The predicted molar refractivity (Wildman–Crippen MR) is 99.0 cm³/mol. The molecule has 0 aliphatic carbocycles. The molecule has 0 aliphatic rings. The number of imidazole rings is 1. The largest absolute Gasteiger partial charge is 0.331 e. The van der Waals surface area contributed by atoms with Crippen LogP contribution in [0.2, 0.25) is 0 Å². The van der Waals surface area contributed by atoms with Gasteiger partial charge < -0.3 is 10.3 Å². The molecule has 0 aliphatic heterocycles. The minimum atomic E-state index is -0.179. The highest BCUT2D eigenvalue weighted by Crippen LogP contribution is 2.22. The molecule has 1 aromatic heterocycles. The Labute approximate surface area is 149 Å². The van der Waals surface area contributed by atoms with E-state index in [1.54, 1.807) is 7.05 Å². The predicted octanol–water partition coefficient (Wildman–Crippen LogP) is 3.45. The number of hydrogen-bond donors (Lipinski definition) is 2. The molecule has 3 rings (SSSR count). The molecule has 0 fully saturated rings. The number of H-pyrrole nitrogens is 1. The highest BCUT2D eigenvalue weighted by atomic mass is 32.2. The lowest BCUT2D eigenvalue weighted by Gasteiger charge is -2.13. The molecular weight excluding hydrogens is 336 g/mol. The van der Waals surface area contributed by atoms with Crippen LogP contribution in [-0.2, 0) is 9.59 Å². The molecular formula is C18H18N4O2S. The van der Waals surface area contributed by atoms with E-state index in [0.29, 0.717) is 5.16 Å². The number of para-hydroxylation sites is 3. The zero-order valence-corrected chi connectivity index (χ0v) is 14.5. The molecule has 7 heteroatoms. The smallest absolute Gasteiger partial charge is 0.233 e. The van der Waals surface area contributed by atoms with E-state index >= 15 is 0 Å². The molecule has 0 spiro atoms. The normalized spacial score (nSPS) is 10.6. The monoisotopic (exact) mass is 354 g/mol. The number of carbonyl (C=O) groups excluding carboxylic acids is 2. The summed E-state index contributed by atoms with van der Waals surface area (Å²) in [6.07, 6.45) is 0.279. The van der Waals surface area contributed by atoms with Gasteiger partial charge in [0.05, 0.1) is 11.0 Å². The maximum atomic E-state index is 12.2. The highest BCUT2D eigenvalue weighted by Gasteiger charge is 2.14. The third-order valence-corrected chi connectivity index (χ3v) is 4.41. The van der Waals surface area contributed by atoms with E-state index in [4.69, 9.17) is 0 Å².